The summed E-state index contributed by atoms with van der Waals surface area (Å²) in [6, 6.07) is 0. The summed E-state index contributed by atoms with van der Waals surface area (Å²) < 4.78 is 0. The molecule has 0 saturated carbocycles. The maximum Gasteiger partial charge on any atom is 0.127 e. The van der Waals surface area contributed by atoms with Crippen LogP contribution in [-0.2, 0) is 0 Å². The summed E-state index contributed by atoms with van der Waals surface area (Å²) in [7, 11) is 2.35. The molecule has 0 bridgehead atoms. The number of hydrogen-bond donors (Lipinski definition) is 2. The number of quaternary nitrogens is 2. The molecule has 1 saturated heterocycles. The van der Waals surface area contributed by atoms with Crippen molar-refractivity contribution in [2.24, 2.45) is 17.3 Å². The van der Waals surface area contributed by atoms with Crippen LogP contribution in [0.15, 0.2) is 11.1 Å². The fourth-order valence-electron chi connectivity index (χ4n) is 5.07. The third-order valence-electron chi connectivity index (χ3n) is 6.72. The van der Waals surface area contributed by atoms with Gasteiger partial charge in [-0.1, -0.05) is 31.9 Å². The highest BCUT2D eigenvalue weighted by Gasteiger charge is 2.38. The molecule has 2 heteroatoms. The molecule has 2 N–H and O–H groups in total. The molecule has 0 aromatic carbocycles. The highest BCUT2D eigenvalue weighted by Crippen LogP contribution is 2.49. The van der Waals surface area contributed by atoms with Crippen LogP contribution in [0.1, 0.15) is 52.9 Å². The number of rotatable bonds is 2. The Bertz CT molecular complexity index is 402. The van der Waals surface area contributed by atoms with E-state index >= 15 is 0 Å². The van der Waals surface area contributed by atoms with Crippen molar-refractivity contribution in [3.05, 3.63) is 11.1 Å². The van der Waals surface area contributed by atoms with Gasteiger partial charge in [-0.25, -0.2) is 0 Å². The van der Waals surface area contributed by atoms with Crippen molar-refractivity contribution in [1.29, 1.82) is 0 Å². The average Bonchev–Trinajstić information content (AvgIpc) is 2.42. The Morgan fingerprint density at radius 2 is 1.81 bits per heavy atom. The predicted molar refractivity (Wildman–Crippen MR) is 88.7 cm³/mol. The van der Waals surface area contributed by atoms with Crippen LogP contribution in [0.4, 0.5) is 0 Å². The quantitative estimate of drug-likeness (QED) is 0.702. The molecule has 1 fully saturated rings. The summed E-state index contributed by atoms with van der Waals surface area (Å²) in [5, 5.41) is 0. The smallest absolute Gasteiger partial charge is 0.127 e. The van der Waals surface area contributed by atoms with Gasteiger partial charge in [0.15, 0.2) is 0 Å². The molecule has 2 nitrogen and oxygen atoms in total. The van der Waals surface area contributed by atoms with Gasteiger partial charge in [0.2, 0.25) is 0 Å². The molecule has 1 heterocycles. The van der Waals surface area contributed by atoms with Crippen LogP contribution >= 0.6 is 0 Å². The lowest BCUT2D eigenvalue weighted by Crippen LogP contribution is -3.27. The number of likely N-dealkylation sites (N-methyl/N-ethyl adjacent to an activating group) is 1. The molecule has 0 spiro atoms. The number of allylic oxidation sites excluding steroid dienone is 2. The van der Waals surface area contributed by atoms with Crippen molar-refractivity contribution in [3.63, 3.8) is 0 Å². The first-order valence-electron chi connectivity index (χ1n) is 9.32. The van der Waals surface area contributed by atoms with Crippen molar-refractivity contribution in [1.82, 2.24) is 0 Å². The lowest BCUT2D eigenvalue weighted by molar-refractivity contribution is -1.01. The van der Waals surface area contributed by atoms with E-state index in [0.717, 1.165) is 11.8 Å². The Balaban J connectivity index is 1.66. The Morgan fingerprint density at radius 1 is 1.10 bits per heavy atom. The van der Waals surface area contributed by atoms with Crippen LogP contribution < -0.4 is 9.80 Å². The van der Waals surface area contributed by atoms with E-state index < -0.39 is 0 Å². The zero-order chi connectivity index (χ0) is 15.0. The zero-order valence-corrected chi connectivity index (χ0v) is 14.7. The molecule has 3 rings (SSSR count). The van der Waals surface area contributed by atoms with Gasteiger partial charge in [-0.05, 0) is 43.4 Å². The van der Waals surface area contributed by atoms with Gasteiger partial charge in [-0.15, -0.1) is 0 Å². The Morgan fingerprint density at radius 3 is 2.52 bits per heavy atom. The van der Waals surface area contributed by atoms with Gasteiger partial charge >= 0.3 is 0 Å². The van der Waals surface area contributed by atoms with E-state index in [1.165, 1.54) is 64.8 Å². The second kappa shape index (κ2) is 6.04. The van der Waals surface area contributed by atoms with Crippen LogP contribution in [0.25, 0.3) is 0 Å². The van der Waals surface area contributed by atoms with Crippen molar-refractivity contribution in [2.45, 2.75) is 52.9 Å². The largest absolute Gasteiger partial charge is 0.328 e. The van der Waals surface area contributed by atoms with Gasteiger partial charge in [0, 0.05) is 5.92 Å². The third-order valence-corrected chi connectivity index (χ3v) is 6.72. The minimum atomic E-state index is 0.494. The summed E-state index contributed by atoms with van der Waals surface area (Å²) in [4.78, 5) is 3.61. The molecule has 1 aliphatic heterocycles. The summed E-state index contributed by atoms with van der Waals surface area (Å²) in [5.41, 5.74) is 4.22. The first-order valence-corrected chi connectivity index (χ1v) is 9.32. The molecule has 0 radical (unpaired) electrons. The lowest BCUT2D eigenvalue weighted by Gasteiger charge is -2.43. The second-order valence-corrected chi connectivity index (χ2v) is 8.88. The van der Waals surface area contributed by atoms with E-state index in [0.29, 0.717) is 5.41 Å². The van der Waals surface area contributed by atoms with Gasteiger partial charge in [0.05, 0.1) is 13.6 Å². The van der Waals surface area contributed by atoms with E-state index in [4.69, 9.17) is 0 Å². The monoisotopic (exact) mass is 292 g/mol. The van der Waals surface area contributed by atoms with Crippen LogP contribution in [0.5, 0.6) is 0 Å². The molecule has 0 amide bonds. The molecule has 21 heavy (non-hydrogen) atoms. The van der Waals surface area contributed by atoms with Crippen molar-refractivity contribution in [3.8, 4) is 0 Å². The molecule has 3 aliphatic rings. The van der Waals surface area contributed by atoms with E-state index in [1.807, 2.05) is 16.0 Å². The zero-order valence-electron chi connectivity index (χ0n) is 14.7. The Hall–Kier alpha value is -0.340. The molecule has 2 atom stereocenters. The van der Waals surface area contributed by atoms with E-state index in [2.05, 4.69) is 27.8 Å². The highest BCUT2D eigenvalue weighted by molar-refractivity contribution is 5.27. The first kappa shape index (κ1) is 15.6. The summed E-state index contributed by atoms with van der Waals surface area (Å²) in [6.45, 7) is 14.5. The summed E-state index contributed by atoms with van der Waals surface area (Å²) >= 11 is 0. The van der Waals surface area contributed by atoms with Crippen molar-refractivity contribution >= 4 is 0 Å². The second-order valence-electron chi connectivity index (χ2n) is 8.88. The van der Waals surface area contributed by atoms with Gasteiger partial charge in [0.25, 0.3) is 0 Å². The lowest BCUT2D eigenvalue weighted by atomic mass is 9.63. The highest BCUT2D eigenvalue weighted by atomic mass is 15.2. The minimum Gasteiger partial charge on any atom is -0.328 e. The third kappa shape index (κ3) is 3.37. The number of piperazine rings is 1. The van der Waals surface area contributed by atoms with E-state index in [9.17, 15) is 0 Å². The Kier molecular flexibility index (Phi) is 4.47. The van der Waals surface area contributed by atoms with Crippen LogP contribution in [-0.4, -0.2) is 39.8 Å². The molecule has 0 aromatic heterocycles. The maximum absolute atomic E-state index is 2.52. The molecule has 0 aromatic rings. The standard InChI is InChI=1S/C19H34N2/c1-15-12-16-6-5-7-19(2,3)18(16)13-17(15)14-21-10-8-20(4)9-11-21/h15,17H,5-14H2,1-4H3/p+2/t15-,17+/m1/s1. The molecular formula is C19H36N2+2. The number of nitrogens with one attached hydrogen (secondary N) is 2. The van der Waals surface area contributed by atoms with E-state index in [-0.39, 0.29) is 0 Å². The summed E-state index contributed by atoms with van der Waals surface area (Å²) in [6.07, 6.45) is 7.06. The molecule has 2 aliphatic carbocycles. The van der Waals surface area contributed by atoms with Crippen LogP contribution in [0.2, 0.25) is 0 Å². The molecule has 0 unspecified atom stereocenters. The number of hydrogen-bond acceptors (Lipinski definition) is 0. The normalized spacial score (nSPS) is 40.0. The van der Waals surface area contributed by atoms with Gasteiger partial charge in [-0.2, -0.15) is 0 Å². The fourth-order valence-corrected chi connectivity index (χ4v) is 5.07. The van der Waals surface area contributed by atoms with Gasteiger partial charge in [-0.3, -0.25) is 0 Å². The van der Waals surface area contributed by atoms with Crippen LogP contribution in [0.3, 0.4) is 0 Å². The Labute approximate surface area is 131 Å². The summed E-state index contributed by atoms with van der Waals surface area (Å²) in [5.74, 6) is 1.85. The predicted octanol–water partition coefficient (Wildman–Crippen LogP) is 0.952. The maximum atomic E-state index is 2.52. The van der Waals surface area contributed by atoms with Gasteiger partial charge in [0.1, 0.15) is 26.2 Å². The fraction of sp³-hybridized carbons (Fsp3) is 0.895. The van der Waals surface area contributed by atoms with E-state index in [1.54, 1.807) is 4.90 Å². The van der Waals surface area contributed by atoms with Crippen LogP contribution in [0, 0.1) is 17.3 Å². The minimum absolute atomic E-state index is 0.494. The molecule has 120 valence electrons. The topological polar surface area (TPSA) is 8.88 Å². The molecular weight excluding hydrogens is 256 g/mol. The average molecular weight is 293 g/mol. The van der Waals surface area contributed by atoms with Gasteiger partial charge < -0.3 is 9.80 Å². The SMILES string of the molecule is C[C@@H]1CC2=C(C[C@H]1C[NH+]1CC[NH+](C)CC1)C(C)(C)CCC2. The van der Waals surface area contributed by atoms with Crippen molar-refractivity contribution < 1.29 is 9.80 Å². The van der Waals surface area contributed by atoms with Crippen molar-refractivity contribution in [2.75, 3.05) is 39.8 Å². The first-order chi connectivity index (χ1) is 9.95.